The van der Waals surface area contributed by atoms with Crippen molar-refractivity contribution < 1.29 is 14.3 Å². The zero-order valence-corrected chi connectivity index (χ0v) is 9.33. The lowest BCUT2D eigenvalue weighted by molar-refractivity contribution is 0.202. The Labute approximate surface area is 93.7 Å². The summed E-state index contributed by atoms with van der Waals surface area (Å²) in [5, 5.41) is 11.1. The molecular weight excluding hydrogens is 211 g/mol. The molecule has 1 aromatic rings. The van der Waals surface area contributed by atoms with Crippen LogP contribution in [0.15, 0.2) is 18.2 Å². The highest BCUT2D eigenvalue weighted by Crippen LogP contribution is 2.15. The van der Waals surface area contributed by atoms with E-state index in [4.69, 9.17) is 5.11 Å². The van der Waals surface area contributed by atoms with Crippen LogP contribution in [-0.2, 0) is 0 Å². The average Bonchev–Trinajstić information content (AvgIpc) is 2.22. The Bertz CT molecular complexity index is 382. The van der Waals surface area contributed by atoms with E-state index in [1.165, 1.54) is 24.1 Å². The Morgan fingerprint density at radius 3 is 2.81 bits per heavy atom. The number of nitrogens with one attached hydrogen (secondary N) is 1. The SMILES string of the molecule is Cc1ccc(NC(=O)N(C)CCO)c(F)c1. The molecule has 0 radical (unpaired) electrons. The molecule has 2 N–H and O–H groups in total. The lowest BCUT2D eigenvalue weighted by Gasteiger charge is -2.16. The third-order valence-corrected chi connectivity index (χ3v) is 2.15. The minimum Gasteiger partial charge on any atom is -0.395 e. The molecule has 0 fully saturated rings. The molecule has 1 aromatic carbocycles. The van der Waals surface area contributed by atoms with Crippen molar-refractivity contribution in [3.8, 4) is 0 Å². The normalized spacial score (nSPS) is 10.0. The topological polar surface area (TPSA) is 52.6 Å². The van der Waals surface area contributed by atoms with Crippen molar-refractivity contribution in [2.45, 2.75) is 6.92 Å². The first-order chi connectivity index (χ1) is 7.54. The minimum absolute atomic E-state index is 0.125. The molecule has 0 bridgehead atoms. The van der Waals surface area contributed by atoms with E-state index in [9.17, 15) is 9.18 Å². The molecule has 0 spiro atoms. The molecule has 0 aliphatic carbocycles. The molecule has 0 atom stereocenters. The van der Waals surface area contributed by atoms with Gasteiger partial charge in [0.05, 0.1) is 12.3 Å². The molecule has 0 saturated carbocycles. The Morgan fingerprint density at radius 1 is 1.56 bits per heavy atom. The van der Waals surface area contributed by atoms with Gasteiger partial charge in [0.15, 0.2) is 0 Å². The van der Waals surface area contributed by atoms with Gasteiger partial charge in [-0.1, -0.05) is 6.07 Å². The predicted molar refractivity (Wildman–Crippen MR) is 59.9 cm³/mol. The van der Waals surface area contributed by atoms with Gasteiger partial charge in [-0.2, -0.15) is 0 Å². The van der Waals surface area contributed by atoms with Crippen LogP contribution in [0.25, 0.3) is 0 Å². The van der Waals surface area contributed by atoms with Crippen molar-refractivity contribution in [2.24, 2.45) is 0 Å². The second kappa shape index (κ2) is 5.46. The van der Waals surface area contributed by atoms with Crippen molar-refractivity contribution >= 4 is 11.7 Å². The van der Waals surface area contributed by atoms with Crippen LogP contribution >= 0.6 is 0 Å². The molecule has 2 amide bonds. The van der Waals surface area contributed by atoms with Gasteiger partial charge in [-0.05, 0) is 24.6 Å². The van der Waals surface area contributed by atoms with Gasteiger partial charge in [-0.25, -0.2) is 9.18 Å². The molecule has 0 aromatic heterocycles. The van der Waals surface area contributed by atoms with Gasteiger partial charge in [0.1, 0.15) is 5.82 Å². The first-order valence-electron chi connectivity index (χ1n) is 4.93. The lowest BCUT2D eigenvalue weighted by Crippen LogP contribution is -2.33. The number of amides is 2. The zero-order chi connectivity index (χ0) is 12.1. The summed E-state index contributed by atoms with van der Waals surface area (Å²) in [5.41, 5.74) is 0.930. The second-order valence-electron chi connectivity index (χ2n) is 3.56. The van der Waals surface area contributed by atoms with E-state index in [1.54, 1.807) is 13.0 Å². The summed E-state index contributed by atoms with van der Waals surface area (Å²) in [4.78, 5) is 12.8. The van der Waals surface area contributed by atoms with Crippen LogP contribution in [-0.4, -0.2) is 36.2 Å². The number of anilines is 1. The van der Waals surface area contributed by atoms with E-state index in [1.807, 2.05) is 0 Å². The molecular formula is C11H15FN2O2. The van der Waals surface area contributed by atoms with Crippen molar-refractivity contribution in [1.29, 1.82) is 0 Å². The third kappa shape index (κ3) is 3.20. The summed E-state index contributed by atoms with van der Waals surface area (Å²) in [6.07, 6.45) is 0. The number of nitrogens with zero attached hydrogens (tertiary/aromatic N) is 1. The molecule has 1 rings (SSSR count). The minimum atomic E-state index is -0.467. The number of carbonyl (C=O) groups is 1. The maximum absolute atomic E-state index is 13.4. The van der Waals surface area contributed by atoms with Gasteiger partial charge < -0.3 is 15.3 Å². The molecule has 0 unspecified atom stereocenters. The van der Waals surface area contributed by atoms with Crippen LogP contribution in [0.1, 0.15) is 5.56 Å². The Hall–Kier alpha value is -1.62. The standard InChI is InChI=1S/C11H15FN2O2/c1-8-3-4-10(9(12)7-8)13-11(16)14(2)5-6-15/h3-4,7,15H,5-6H2,1-2H3,(H,13,16). The van der Waals surface area contributed by atoms with Crippen LogP contribution in [0.3, 0.4) is 0 Å². The third-order valence-electron chi connectivity index (χ3n) is 2.15. The summed E-state index contributed by atoms with van der Waals surface area (Å²) >= 11 is 0. The number of aryl methyl sites for hydroxylation is 1. The van der Waals surface area contributed by atoms with Crippen molar-refractivity contribution in [3.63, 3.8) is 0 Å². The van der Waals surface area contributed by atoms with Gasteiger partial charge in [-0.15, -0.1) is 0 Å². The molecule has 0 saturated heterocycles. The molecule has 0 heterocycles. The maximum Gasteiger partial charge on any atom is 0.321 e. The fraction of sp³-hybridized carbons (Fsp3) is 0.364. The number of benzene rings is 1. The largest absolute Gasteiger partial charge is 0.395 e. The van der Waals surface area contributed by atoms with Crippen LogP contribution in [0.2, 0.25) is 0 Å². The van der Waals surface area contributed by atoms with Crippen LogP contribution < -0.4 is 5.32 Å². The number of likely N-dealkylation sites (N-methyl/N-ethyl adjacent to an activating group) is 1. The van der Waals surface area contributed by atoms with Gasteiger partial charge in [0.25, 0.3) is 0 Å². The first-order valence-corrected chi connectivity index (χ1v) is 4.93. The molecule has 16 heavy (non-hydrogen) atoms. The fourth-order valence-corrected chi connectivity index (χ4v) is 1.18. The number of urea groups is 1. The number of rotatable bonds is 3. The quantitative estimate of drug-likeness (QED) is 0.822. The van der Waals surface area contributed by atoms with Crippen molar-refractivity contribution in [1.82, 2.24) is 4.90 Å². The second-order valence-corrected chi connectivity index (χ2v) is 3.56. The molecule has 0 aliphatic rings. The van der Waals surface area contributed by atoms with E-state index in [-0.39, 0.29) is 18.8 Å². The van der Waals surface area contributed by atoms with E-state index in [2.05, 4.69) is 5.32 Å². The smallest absolute Gasteiger partial charge is 0.321 e. The molecule has 0 aliphatic heterocycles. The number of hydrogen-bond acceptors (Lipinski definition) is 2. The van der Waals surface area contributed by atoms with Gasteiger partial charge in [0.2, 0.25) is 0 Å². The fourth-order valence-electron chi connectivity index (χ4n) is 1.18. The van der Waals surface area contributed by atoms with Crippen molar-refractivity contribution in [3.05, 3.63) is 29.6 Å². The van der Waals surface area contributed by atoms with E-state index in [0.29, 0.717) is 0 Å². The Morgan fingerprint density at radius 2 is 2.25 bits per heavy atom. The number of carbonyl (C=O) groups excluding carboxylic acids is 1. The van der Waals surface area contributed by atoms with E-state index < -0.39 is 11.8 Å². The van der Waals surface area contributed by atoms with Crippen LogP contribution in [0, 0.1) is 12.7 Å². The van der Waals surface area contributed by atoms with Crippen LogP contribution in [0.5, 0.6) is 0 Å². The average molecular weight is 226 g/mol. The number of aliphatic hydroxyl groups is 1. The summed E-state index contributed by atoms with van der Waals surface area (Å²) in [7, 11) is 1.53. The van der Waals surface area contributed by atoms with Crippen molar-refractivity contribution in [2.75, 3.05) is 25.5 Å². The zero-order valence-electron chi connectivity index (χ0n) is 9.33. The summed E-state index contributed by atoms with van der Waals surface area (Å²) in [6.45, 7) is 1.85. The summed E-state index contributed by atoms with van der Waals surface area (Å²) in [6, 6.07) is 4.12. The molecule has 5 heteroatoms. The maximum atomic E-state index is 13.4. The van der Waals surface area contributed by atoms with Gasteiger partial charge in [-0.3, -0.25) is 0 Å². The summed E-state index contributed by atoms with van der Waals surface area (Å²) in [5.74, 6) is -0.467. The predicted octanol–water partition coefficient (Wildman–Crippen LogP) is 1.59. The summed E-state index contributed by atoms with van der Waals surface area (Å²) < 4.78 is 13.4. The molecule has 4 nitrogen and oxygen atoms in total. The molecule has 88 valence electrons. The monoisotopic (exact) mass is 226 g/mol. The van der Waals surface area contributed by atoms with Gasteiger partial charge in [0, 0.05) is 13.6 Å². The highest BCUT2D eigenvalue weighted by molar-refractivity contribution is 5.89. The Kier molecular flexibility index (Phi) is 4.25. The highest BCUT2D eigenvalue weighted by Gasteiger charge is 2.10. The number of aliphatic hydroxyl groups excluding tert-OH is 1. The van der Waals surface area contributed by atoms with Gasteiger partial charge >= 0.3 is 6.03 Å². The highest BCUT2D eigenvalue weighted by atomic mass is 19.1. The number of halogens is 1. The van der Waals surface area contributed by atoms with Crippen LogP contribution in [0.4, 0.5) is 14.9 Å². The lowest BCUT2D eigenvalue weighted by atomic mass is 10.2. The van der Waals surface area contributed by atoms with E-state index >= 15 is 0 Å². The van der Waals surface area contributed by atoms with E-state index in [0.717, 1.165) is 5.56 Å². The number of hydrogen-bond donors (Lipinski definition) is 2. The Balaban J connectivity index is 2.69. The first kappa shape index (κ1) is 12.4.